The third-order valence-electron chi connectivity index (χ3n) is 3.80. The van der Waals surface area contributed by atoms with Gasteiger partial charge in [0.2, 0.25) is 5.95 Å². The van der Waals surface area contributed by atoms with Crippen molar-refractivity contribution in [3.63, 3.8) is 0 Å². The Hall–Kier alpha value is -2.88. The summed E-state index contributed by atoms with van der Waals surface area (Å²) in [6.45, 7) is 6.88. The number of rotatable bonds is 5. The fraction of sp³-hybridized carbons (Fsp3) is 0.200. The maximum Gasteiger partial charge on any atom is 0.229 e. The molecule has 0 aliphatic heterocycles. The number of nitrogens with zero attached hydrogens (tertiary/aromatic N) is 2. The maximum atomic E-state index is 4.57. The molecule has 0 bridgehead atoms. The van der Waals surface area contributed by atoms with Gasteiger partial charge in [0.05, 0.1) is 0 Å². The molecule has 122 valence electrons. The lowest BCUT2D eigenvalue weighted by Gasteiger charge is -2.12. The molecule has 2 aromatic carbocycles. The maximum absolute atomic E-state index is 4.57. The van der Waals surface area contributed by atoms with E-state index in [4.69, 9.17) is 0 Å². The summed E-state index contributed by atoms with van der Waals surface area (Å²) in [7, 11) is 0. The molecule has 0 unspecified atom stereocenters. The largest absolute Gasteiger partial charge is 0.366 e. The van der Waals surface area contributed by atoms with Crippen LogP contribution in [0.25, 0.3) is 0 Å². The normalized spacial score (nSPS) is 10.5. The first-order chi connectivity index (χ1) is 11.6. The van der Waals surface area contributed by atoms with Gasteiger partial charge in [-0.1, -0.05) is 48.0 Å². The highest BCUT2D eigenvalue weighted by Gasteiger charge is 2.05. The molecular weight excluding hydrogens is 296 g/mol. The average molecular weight is 318 g/mol. The van der Waals surface area contributed by atoms with E-state index in [1.54, 1.807) is 0 Å². The van der Waals surface area contributed by atoms with Gasteiger partial charge in [-0.2, -0.15) is 4.98 Å². The van der Waals surface area contributed by atoms with Gasteiger partial charge in [-0.15, -0.1) is 0 Å². The van der Waals surface area contributed by atoms with Crippen molar-refractivity contribution >= 4 is 17.5 Å². The Morgan fingerprint density at radius 3 is 2.42 bits per heavy atom. The first-order valence-electron chi connectivity index (χ1n) is 8.08. The van der Waals surface area contributed by atoms with Crippen molar-refractivity contribution in [2.75, 3.05) is 10.6 Å². The van der Waals surface area contributed by atoms with Gasteiger partial charge in [0.15, 0.2) is 0 Å². The molecule has 3 rings (SSSR count). The van der Waals surface area contributed by atoms with E-state index in [0.29, 0.717) is 5.95 Å². The Labute approximate surface area is 143 Å². The van der Waals surface area contributed by atoms with Gasteiger partial charge in [0, 0.05) is 24.0 Å². The van der Waals surface area contributed by atoms with Crippen LogP contribution in [0.15, 0.2) is 54.6 Å². The summed E-state index contributed by atoms with van der Waals surface area (Å²) < 4.78 is 0. The highest BCUT2D eigenvalue weighted by Crippen LogP contribution is 2.20. The average Bonchev–Trinajstić information content (AvgIpc) is 2.56. The predicted octanol–water partition coefficient (Wildman–Crippen LogP) is 4.76. The third-order valence-corrected chi connectivity index (χ3v) is 3.80. The van der Waals surface area contributed by atoms with E-state index < -0.39 is 0 Å². The Kier molecular flexibility index (Phi) is 4.75. The molecule has 0 aliphatic carbocycles. The highest BCUT2D eigenvalue weighted by atomic mass is 15.1. The molecule has 3 aromatic rings. The number of aryl methyl sites for hydroxylation is 3. The molecule has 4 heteroatoms. The Balaban J connectivity index is 1.76. The van der Waals surface area contributed by atoms with E-state index in [0.717, 1.165) is 23.7 Å². The molecule has 24 heavy (non-hydrogen) atoms. The summed E-state index contributed by atoms with van der Waals surface area (Å²) in [5.41, 5.74) is 5.60. The minimum absolute atomic E-state index is 0.609. The Morgan fingerprint density at radius 1 is 0.875 bits per heavy atom. The zero-order valence-electron chi connectivity index (χ0n) is 14.3. The fourth-order valence-electron chi connectivity index (χ4n) is 2.58. The lowest BCUT2D eigenvalue weighted by Crippen LogP contribution is -2.06. The second-order valence-corrected chi connectivity index (χ2v) is 6.00. The molecular formula is C20H22N4. The molecule has 0 fully saturated rings. The smallest absolute Gasteiger partial charge is 0.229 e. The molecule has 0 radical (unpaired) electrons. The second kappa shape index (κ2) is 7.13. The molecule has 0 spiro atoms. The van der Waals surface area contributed by atoms with E-state index >= 15 is 0 Å². The van der Waals surface area contributed by atoms with Crippen LogP contribution < -0.4 is 10.6 Å². The van der Waals surface area contributed by atoms with E-state index in [1.807, 2.05) is 31.2 Å². The summed E-state index contributed by atoms with van der Waals surface area (Å²) in [6.07, 6.45) is 0. The summed E-state index contributed by atoms with van der Waals surface area (Å²) >= 11 is 0. The van der Waals surface area contributed by atoms with Crippen molar-refractivity contribution < 1.29 is 0 Å². The minimum atomic E-state index is 0.609. The molecule has 1 aromatic heterocycles. The molecule has 1 heterocycles. The van der Waals surface area contributed by atoms with Gasteiger partial charge in [-0.3, -0.25) is 0 Å². The lowest BCUT2D eigenvalue weighted by atomic mass is 10.1. The van der Waals surface area contributed by atoms with Crippen LogP contribution in [0.2, 0.25) is 0 Å². The third kappa shape index (κ3) is 4.10. The Bertz CT molecular complexity index is 828. The SMILES string of the molecule is Cc1ccc(Nc2nc(C)cc(NCc3ccccc3)n2)c(C)c1. The Morgan fingerprint density at radius 2 is 1.67 bits per heavy atom. The summed E-state index contributed by atoms with van der Waals surface area (Å²) in [5.74, 6) is 1.43. The van der Waals surface area contributed by atoms with Crippen molar-refractivity contribution in [3.8, 4) is 0 Å². The number of nitrogens with one attached hydrogen (secondary N) is 2. The summed E-state index contributed by atoms with van der Waals surface area (Å²) in [5, 5.41) is 6.68. The van der Waals surface area contributed by atoms with Gasteiger partial charge in [0.1, 0.15) is 5.82 Å². The summed E-state index contributed by atoms with van der Waals surface area (Å²) in [6, 6.07) is 18.5. The molecule has 4 nitrogen and oxygen atoms in total. The van der Waals surface area contributed by atoms with Crippen molar-refractivity contribution in [1.82, 2.24) is 9.97 Å². The van der Waals surface area contributed by atoms with E-state index in [1.165, 1.54) is 16.7 Å². The summed E-state index contributed by atoms with van der Waals surface area (Å²) in [4.78, 5) is 9.06. The van der Waals surface area contributed by atoms with Crippen LogP contribution in [0.3, 0.4) is 0 Å². The van der Waals surface area contributed by atoms with Crippen molar-refractivity contribution in [2.24, 2.45) is 0 Å². The second-order valence-electron chi connectivity index (χ2n) is 6.00. The van der Waals surface area contributed by atoms with Crippen LogP contribution in [0.5, 0.6) is 0 Å². The van der Waals surface area contributed by atoms with E-state index in [-0.39, 0.29) is 0 Å². The molecule has 0 saturated carbocycles. The minimum Gasteiger partial charge on any atom is -0.366 e. The van der Waals surface area contributed by atoms with Gasteiger partial charge >= 0.3 is 0 Å². The van der Waals surface area contributed by atoms with Crippen molar-refractivity contribution in [1.29, 1.82) is 0 Å². The molecule has 0 amide bonds. The van der Waals surface area contributed by atoms with Crippen LogP contribution >= 0.6 is 0 Å². The first kappa shape index (κ1) is 16.0. The van der Waals surface area contributed by atoms with Crippen molar-refractivity contribution in [3.05, 3.63) is 77.0 Å². The van der Waals surface area contributed by atoms with Gasteiger partial charge in [0.25, 0.3) is 0 Å². The quantitative estimate of drug-likeness (QED) is 0.712. The van der Waals surface area contributed by atoms with Crippen LogP contribution in [-0.2, 0) is 6.54 Å². The topological polar surface area (TPSA) is 49.8 Å². The predicted molar refractivity (Wildman–Crippen MR) is 99.7 cm³/mol. The fourth-order valence-corrected chi connectivity index (χ4v) is 2.58. The first-order valence-corrected chi connectivity index (χ1v) is 8.08. The van der Waals surface area contributed by atoms with Gasteiger partial charge in [-0.25, -0.2) is 4.98 Å². The number of benzene rings is 2. The number of hydrogen-bond donors (Lipinski definition) is 2. The zero-order valence-corrected chi connectivity index (χ0v) is 14.3. The zero-order chi connectivity index (χ0) is 16.9. The van der Waals surface area contributed by atoms with Gasteiger partial charge in [-0.05, 0) is 38.0 Å². The van der Waals surface area contributed by atoms with Crippen LogP contribution in [-0.4, -0.2) is 9.97 Å². The monoisotopic (exact) mass is 318 g/mol. The number of hydrogen-bond acceptors (Lipinski definition) is 4. The molecule has 0 saturated heterocycles. The van der Waals surface area contributed by atoms with E-state index in [9.17, 15) is 0 Å². The number of aromatic nitrogens is 2. The van der Waals surface area contributed by atoms with Crippen molar-refractivity contribution in [2.45, 2.75) is 27.3 Å². The van der Waals surface area contributed by atoms with Crippen LogP contribution in [0.1, 0.15) is 22.4 Å². The van der Waals surface area contributed by atoms with Crippen LogP contribution in [0, 0.1) is 20.8 Å². The number of anilines is 3. The highest BCUT2D eigenvalue weighted by molar-refractivity contribution is 5.60. The lowest BCUT2D eigenvalue weighted by molar-refractivity contribution is 1.06. The van der Waals surface area contributed by atoms with Gasteiger partial charge < -0.3 is 10.6 Å². The molecule has 0 atom stereocenters. The van der Waals surface area contributed by atoms with Crippen LogP contribution in [0.4, 0.5) is 17.5 Å². The molecule has 2 N–H and O–H groups in total. The standard InChI is InChI=1S/C20H22N4/c1-14-9-10-18(15(2)11-14)23-20-22-16(3)12-19(24-20)21-13-17-7-5-4-6-8-17/h4-12H,13H2,1-3H3,(H2,21,22,23,24). The molecule has 0 aliphatic rings. The van der Waals surface area contributed by atoms with E-state index in [2.05, 4.69) is 64.8 Å².